The molecule has 112 valence electrons. The van der Waals surface area contributed by atoms with Crippen LogP contribution < -0.4 is 5.32 Å². The third-order valence-corrected chi connectivity index (χ3v) is 3.47. The molecular formula is C18H23FN2. The van der Waals surface area contributed by atoms with Crippen LogP contribution in [-0.2, 0) is 19.6 Å². The number of aryl methyl sites for hydroxylation is 1. The summed E-state index contributed by atoms with van der Waals surface area (Å²) in [6.45, 7) is 4.30. The Balaban J connectivity index is 1.95. The quantitative estimate of drug-likeness (QED) is 0.874. The summed E-state index contributed by atoms with van der Waals surface area (Å²) < 4.78 is 13.2. The molecule has 2 aromatic carbocycles. The third-order valence-electron chi connectivity index (χ3n) is 3.47. The summed E-state index contributed by atoms with van der Waals surface area (Å²) >= 11 is 0. The van der Waals surface area contributed by atoms with Crippen molar-refractivity contribution < 1.29 is 4.39 Å². The lowest BCUT2D eigenvalue weighted by Gasteiger charge is -2.14. The fourth-order valence-corrected chi connectivity index (χ4v) is 2.38. The van der Waals surface area contributed by atoms with Crippen molar-refractivity contribution in [3.63, 3.8) is 0 Å². The van der Waals surface area contributed by atoms with Crippen LogP contribution in [0.25, 0.3) is 0 Å². The molecule has 0 aliphatic rings. The second-order valence-corrected chi connectivity index (χ2v) is 5.69. The Labute approximate surface area is 126 Å². The van der Waals surface area contributed by atoms with Crippen molar-refractivity contribution in [1.82, 2.24) is 10.2 Å². The van der Waals surface area contributed by atoms with E-state index in [-0.39, 0.29) is 5.82 Å². The second-order valence-electron chi connectivity index (χ2n) is 5.69. The molecular weight excluding hydrogens is 263 g/mol. The fraction of sp³-hybridized carbons (Fsp3) is 0.333. The summed E-state index contributed by atoms with van der Waals surface area (Å²) in [4.78, 5) is 2.17. The molecule has 0 radical (unpaired) electrons. The van der Waals surface area contributed by atoms with E-state index in [1.165, 1.54) is 17.2 Å². The summed E-state index contributed by atoms with van der Waals surface area (Å²) in [5.41, 5.74) is 4.46. The molecule has 0 saturated carbocycles. The molecule has 21 heavy (non-hydrogen) atoms. The van der Waals surface area contributed by atoms with Crippen molar-refractivity contribution in [3.05, 3.63) is 70.5 Å². The van der Waals surface area contributed by atoms with Gasteiger partial charge in [0.25, 0.3) is 0 Å². The standard InChI is InChI=1S/C18H23FN2/c1-14-10-15(8-9-18(14)19)11-20-12-16-6-4-5-7-17(16)13-21(2)3/h4-10,20H,11-13H2,1-3H3. The highest BCUT2D eigenvalue weighted by atomic mass is 19.1. The first-order chi connectivity index (χ1) is 10.1. The lowest BCUT2D eigenvalue weighted by atomic mass is 10.1. The Morgan fingerprint density at radius 2 is 1.71 bits per heavy atom. The topological polar surface area (TPSA) is 15.3 Å². The van der Waals surface area contributed by atoms with Gasteiger partial charge in [-0.15, -0.1) is 0 Å². The molecule has 0 amide bonds. The van der Waals surface area contributed by atoms with E-state index in [1.54, 1.807) is 6.92 Å². The molecule has 0 fully saturated rings. The van der Waals surface area contributed by atoms with Crippen LogP contribution >= 0.6 is 0 Å². The lowest BCUT2D eigenvalue weighted by Crippen LogP contribution is -2.17. The Hall–Kier alpha value is -1.71. The minimum atomic E-state index is -0.143. The van der Waals surface area contributed by atoms with Crippen LogP contribution in [-0.4, -0.2) is 19.0 Å². The van der Waals surface area contributed by atoms with Gasteiger partial charge in [0.05, 0.1) is 0 Å². The fourth-order valence-electron chi connectivity index (χ4n) is 2.38. The lowest BCUT2D eigenvalue weighted by molar-refractivity contribution is 0.400. The van der Waals surface area contributed by atoms with Crippen molar-refractivity contribution in [2.75, 3.05) is 14.1 Å². The van der Waals surface area contributed by atoms with Gasteiger partial charge in [-0.2, -0.15) is 0 Å². The van der Waals surface area contributed by atoms with Gasteiger partial charge in [-0.05, 0) is 49.3 Å². The monoisotopic (exact) mass is 286 g/mol. The number of hydrogen-bond acceptors (Lipinski definition) is 2. The molecule has 0 spiro atoms. The van der Waals surface area contributed by atoms with Gasteiger partial charge in [0, 0.05) is 19.6 Å². The van der Waals surface area contributed by atoms with Gasteiger partial charge in [-0.3, -0.25) is 0 Å². The van der Waals surface area contributed by atoms with E-state index < -0.39 is 0 Å². The van der Waals surface area contributed by atoms with Crippen LogP contribution in [0, 0.1) is 12.7 Å². The Morgan fingerprint density at radius 1 is 1.00 bits per heavy atom. The smallest absolute Gasteiger partial charge is 0.126 e. The van der Waals surface area contributed by atoms with E-state index in [2.05, 4.69) is 48.6 Å². The normalized spacial score (nSPS) is 11.1. The molecule has 0 saturated heterocycles. The summed E-state index contributed by atoms with van der Waals surface area (Å²) in [5.74, 6) is -0.143. The molecule has 0 aliphatic carbocycles. The Morgan fingerprint density at radius 3 is 2.38 bits per heavy atom. The van der Waals surface area contributed by atoms with Crippen molar-refractivity contribution >= 4 is 0 Å². The predicted octanol–water partition coefficient (Wildman–Crippen LogP) is 3.49. The van der Waals surface area contributed by atoms with Crippen LogP contribution in [0.3, 0.4) is 0 Å². The van der Waals surface area contributed by atoms with E-state index in [9.17, 15) is 4.39 Å². The van der Waals surface area contributed by atoms with E-state index >= 15 is 0 Å². The minimum Gasteiger partial charge on any atom is -0.309 e. The summed E-state index contributed by atoms with van der Waals surface area (Å²) in [7, 11) is 4.15. The Bertz CT molecular complexity index is 594. The van der Waals surface area contributed by atoms with E-state index in [1.807, 2.05) is 12.1 Å². The first kappa shape index (κ1) is 15.7. The molecule has 0 aliphatic heterocycles. The maximum atomic E-state index is 13.2. The SMILES string of the molecule is Cc1cc(CNCc2ccccc2CN(C)C)ccc1F. The van der Waals surface area contributed by atoms with Crippen molar-refractivity contribution in [1.29, 1.82) is 0 Å². The van der Waals surface area contributed by atoms with Crippen LogP contribution in [0.2, 0.25) is 0 Å². The Kier molecular flexibility index (Phi) is 5.48. The predicted molar refractivity (Wildman–Crippen MR) is 85.5 cm³/mol. The molecule has 2 rings (SSSR count). The van der Waals surface area contributed by atoms with E-state index in [0.717, 1.165) is 25.2 Å². The van der Waals surface area contributed by atoms with Crippen molar-refractivity contribution in [2.24, 2.45) is 0 Å². The zero-order valence-corrected chi connectivity index (χ0v) is 13.0. The van der Waals surface area contributed by atoms with Crippen molar-refractivity contribution in [2.45, 2.75) is 26.6 Å². The molecule has 0 bridgehead atoms. The van der Waals surface area contributed by atoms with Gasteiger partial charge in [-0.1, -0.05) is 36.4 Å². The molecule has 3 heteroatoms. The molecule has 0 heterocycles. The first-order valence-corrected chi connectivity index (χ1v) is 7.23. The molecule has 0 unspecified atom stereocenters. The maximum Gasteiger partial charge on any atom is 0.126 e. The minimum absolute atomic E-state index is 0.143. The zero-order valence-electron chi connectivity index (χ0n) is 13.0. The average molecular weight is 286 g/mol. The van der Waals surface area contributed by atoms with Gasteiger partial charge in [0.1, 0.15) is 5.82 Å². The summed E-state index contributed by atoms with van der Waals surface area (Å²) in [5, 5.41) is 3.44. The van der Waals surface area contributed by atoms with Crippen LogP contribution in [0.4, 0.5) is 4.39 Å². The van der Waals surface area contributed by atoms with Gasteiger partial charge in [-0.25, -0.2) is 4.39 Å². The summed E-state index contributed by atoms with van der Waals surface area (Å²) in [6, 6.07) is 13.7. The molecule has 0 atom stereocenters. The number of benzene rings is 2. The number of nitrogens with one attached hydrogen (secondary N) is 1. The van der Waals surface area contributed by atoms with Crippen molar-refractivity contribution in [3.8, 4) is 0 Å². The number of rotatable bonds is 6. The molecule has 0 aromatic heterocycles. The van der Waals surface area contributed by atoms with Crippen LogP contribution in [0.5, 0.6) is 0 Å². The highest BCUT2D eigenvalue weighted by molar-refractivity contribution is 5.27. The largest absolute Gasteiger partial charge is 0.309 e. The number of nitrogens with zero attached hydrogens (tertiary/aromatic N) is 1. The average Bonchev–Trinajstić information content (AvgIpc) is 2.44. The van der Waals surface area contributed by atoms with Gasteiger partial charge >= 0.3 is 0 Å². The van der Waals surface area contributed by atoms with Crippen LogP contribution in [0.15, 0.2) is 42.5 Å². The highest BCUT2D eigenvalue weighted by Crippen LogP contribution is 2.12. The van der Waals surface area contributed by atoms with Crippen LogP contribution in [0.1, 0.15) is 22.3 Å². The zero-order chi connectivity index (χ0) is 15.2. The highest BCUT2D eigenvalue weighted by Gasteiger charge is 2.03. The molecule has 2 nitrogen and oxygen atoms in total. The summed E-state index contributed by atoms with van der Waals surface area (Å²) in [6.07, 6.45) is 0. The second kappa shape index (κ2) is 7.34. The van der Waals surface area contributed by atoms with Gasteiger partial charge < -0.3 is 10.2 Å². The van der Waals surface area contributed by atoms with Gasteiger partial charge in [0.15, 0.2) is 0 Å². The maximum absolute atomic E-state index is 13.2. The van der Waals surface area contributed by atoms with Gasteiger partial charge in [0.2, 0.25) is 0 Å². The third kappa shape index (κ3) is 4.66. The molecule has 1 N–H and O–H groups in total. The number of halogens is 1. The van der Waals surface area contributed by atoms with E-state index in [0.29, 0.717) is 5.56 Å². The first-order valence-electron chi connectivity index (χ1n) is 7.23. The molecule has 2 aromatic rings. The number of hydrogen-bond donors (Lipinski definition) is 1. The van der Waals surface area contributed by atoms with E-state index in [4.69, 9.17) is 0 Å².